The van der Waals surface area contributed by atoms with Crippen molar-refractivity contribution in [2.45, 2.75) is 32.1 Å². The normalized spacial score (nSPS) is 14.6. The van der Waals surface area contributed by atoms with E-state index in [4.69, 9.17) is 4.98 Å². The van der Waals surface area contributed by atoms with E-state index in [1.807, 2.05) is 18.2 Å². The van der Waals surface area contributed by atoms with Crippen molar-refractivity contribution in [1.82, 2.24) is 15.0 Å². The van der Waals surface area contributed by atoms with Gasteiger partial charge in [-0.1, -0.05) is 24.6 Å². The van der Waals surface area contributed by atoms with Crippen LogP contribution in [0.2, 0.25) is 0 Å². The highest BCUT2D eigenvalue weighted by atomic mass is 32.1. The average Bonchev–Trinajstić information content (AvgIpc) is 3.17. The van der Waals surface area contributed by atoms with Gasteiger partial charge in [0.2, 0.25) is 0 Å². The molecule has 0 unspecified atom stereocenters. The lowest BCUT2D eigenvalue weighted by Gasteiger charge is -2.03. The van der Waals surface area contributed by atoms with E-state index in [9.17, 15) is 4.79 Å². The van der Waals surface area contributed by atoms with Gasteiger partial charge in [0, 0.05) is 32.2 Å². The minimum atomic E-state index is -0.00146. The molecular weight excluding hydrogens is 366 g/mol. The van der Waals surface area contributed by atoms with E-state index in [-0.39, 0.29) is 5.56 Å². The molecule has 4 nitrogen and oxygen atoms in total. The number of para-hydroxylation sites is 1. The molecule has 3 heterocycles. The fraction of sp³-hybridized carbons (Fsp3) is 0.217. The third-order valence-corrected chi connectivity index (χ3v) is 7.04. The number of thiophene rings is 1. The van der Waals surface area contributed by atoms with Crippen LogP contribution in [0.5, 0.6) is 0 Å². The Bertz CT molecular complexity index is 1420. The van der Waals surface area contributed by atoms with Gasteiger partial charge in [0.25, 0.3) is 5.56 Å². The zero-order valence-electron chi connectivity index (χ0n) is 15.3. The van der Waals surface area contributed by atoms with Gasteiger partial charge >= 0.3 is 0 Å². The topological polar surface area (TPSA) is 61.5 Å². The van der Waals surface area contributed by atoms with Crippen molar-refractivity contribution in [2.75, 3.05) is 0 Å². The van der Waals surface area contributed by atoms with Gasteiger partial charge in [0.05, 0.1) is 5.39 Å². The Morgan fingerprint density at radius 1 is 0.893 bits per heavy atom. The van der Waals surface area contributed by atoms with Gasteiger partial charge in [-0.2, -0.15) is 0 Å². The first-order valence-electron chi connectivity index (χ1n) is 9.83. The summed E-state index contributed by atoms with van der Waals surface area (Å²) in [7, 11) is 0. The predicted molar refractivity (Wildman–Crippen MR) is 116 cm³/mol. The first-order chi connectivity index (χ1) is 13.8. The first kappa shape index (κ1) is 16.1. The second-order valence-corrected chi connectivity index (χ2v) is 8.67. The summed E-state index contributed by atoms with van der Waals surface area (Å²) in [6, 6.07) is 14.5. The molecule has 0 bridgehead atoms. The number of aromatic nitrogens is 3. The van der Waals surface area contributed by atoms with Crippen molar-refractivity contribution in [2.24, 2.45) is 0 Å². The van der Waals surface area contributed by atoms with Crippen LogP contribution in [0.25, 0.3) is 43.4 Å². The summed E-state index contributed by atoms with van der Waals surface area (Å²) in [5.41, 5.74) is 4.40. The van der Waals surface area contributed by atoms with Gasteiger partial charge in [-0.25, -0.2) is 4.98 Å². The zero-order valence-corrected chi connectivity index (χ0v) is 16.2. The monoisotopic (exact) mass is 385 g/mol. The van der Waals surface area contributed by atoms with Gasteiger partial charge in [-0.05, 0) is 55.5 Å². The average molecular weight is 385 g/mol. The van der Waals surface area contributed by atoms with Crippen LogP contribution in [0.3, 0.4) is 0 Å². The van der Waals surface area contributed by atoms with E-state index in [0.29, 0.717) is 5.82 Å². The lowest BCUT2D eigenvalue weighted by molar-refractivity contribution is 0.713. The van der Waals surface area contributed by atoms with Crippen molar-refractivity contribution in [3.8, 4) is 11.4 Å². The molecule has 5 heteroatoms. The Morgan fingerprint density at radius 2 is 1.75 bits per heavy atom. The third kappa shape index (κ3) is 2.36. The van der Waals surface area contributed by atoms with Gasteiger partial charge in [0.15, 0.2) is 0 Å². The number of nitrogens with zero attached hydrogens (tertiary/aromatic N) is 1. The lowest BCUT2D eigenvalue weighted by atomic mass is 10.1. The predicted octanol–water partition coefficient (Wildman–Crippen LogP) is 5.56. The number of fused-ring (bicyclic) bond motifs is 6. The minimum absolute atomic E-state index is 0.00146. The van der Waals surface area contributed by atoms with Gasteiger partial charge in [-0.15, -0.1) is 11.3 Å². The maximum atomic E-state index is 12.9. The summed E-state index contributed by atoms with van der Waals surface area (Å²) in [6.07, 6.45) is 5.70. The number of nitrogens with one attached hydrogen (secondary N) is 2. The summed E-state index contributed by atoms with van der Waals surface area (Å²) in [4.78, 5) is 26.6. The van der Waals surface area contributed by atoms with E-state index < -0.39 is 0 Å². The number of aryl methyl sites for hydroxylation is 2. The molecule has 2 aromatic carbocycles. The first-order valence-corrected chi connectivity index (χ1v) is 10.6. The summed E-state index contributed by atoms with van der Waals surface area (Å²) in [6.45, 7) is 0. The molecule has 28 heavy (non-hydrogen) atoms. The summed E-state index contributed by atoms with van der Waals surface area (Å²) < 4.78 is 0. The van der Waals surface area contributed by atoms with Crippen LogP contribution in [-0.2, 0) is 12.8 Å². The summed E-state index contributed by atoms with van der Waals surface area (Å²) in [5, 5.41) is 3.15. The maximum Gasteiger partial charge on any atom is 0.260 e. The summed E-state index contributed by atoms with van der Waals surface area (Å²) in [5.74, 6) is 0.654. The van der Waals surface area contributed by atoms with Gasteiger partial charge in [0.1, 0.15) is 10.7 Å². The number of H-pyrrole nitrogens is 2. The Hall–Kier alpha value is -2.92. The summed E-state index contributed by atoms with van der Waals surface area (Å²) >= 11 is 1.71. The molecule has 6 rings (SSSR count). The van der Waals surface area contributed by atoms with Crippen LogP contribution in [0.15, 0.2) is 47.3 Å². The number of aromatic amines is 2. The Morgan fingerprint density at radius 3 is 2.71 bits per heavy atom. The molecule has 0 fully saturated rings. The Labute approximate surface area is 165 Å². The fourth-order valence-corrected chi connectivity index (χ4v) is 5.73. The number of hydrogen-bond acceptors (Lipinski definition) is 3. The van der Waals surface area contributed by atoms with Crippen LogP contribution in [-0.4, -0.2) is 15.0 Å². The largest absolute Gasteiger partial charge is 0.355 e. The van der Waals surface area contributed by atoms with Crippen molar-refractivity contribution < 1.29 is 0 Å². The Balaban J connectivity index is 1.56. The standard InChI is InChI=1S/C23H19N3OS/c27-22-20-15-7-2-1-3-9-19(15)28-23(20)26-21(25-22)13-10-11-18-16(12-13)14-6-4-5-8-17(14)24-18/h4-6,8,10-12,24H,1-3,7,9H2,(H,25,26,27). The molecule has 0 radical (unpaired) electrons. The van der Waals surface area contributed by atoms with Gasteiger partial charge < -0.3 is 9.97 Å². The quantitative estimate of drug-likeness (QED) is 0.371. The Kier molecular flexibility index (Phi) is 3.47. The molecule has 1 aliphatic rings. The minimum Gasteiger partial charge on any atom is -0.355 e. The molecular formula is C23H19N3OS. The van der Waals surface area contributed by atoms with E-state index >= 15 is 0 Å². The van der Waals surface area contributed by atoms with E-state index in [2.05, 4.69) is 34.2 Å². The van der Waals surface area contributed by atoms with Crippen LogP contribution >= 0.6 is 11.3 Å². The highest BCUT2D eigenvalue weighted by Gasteiger charge is 2.19. The van der Waals surface area contributed by atoms with Crippen LogP contribution < -0.4 is 5.56 Å². The molecule has 0 atom stereocenters. The third-order valence-electron chi connectivity index (χ3n) is 5.85. The van der Waals surface area contributed by atoms with Crippen molar-refractivity contribution in [3.05, 3.63) is 63.3 Å². The second-order valence-electron chi connectivity index (χ2n) is 7.59. The number of benzene rings is 2. The molecule has 1 aliphatic carbocycles. The molecule has 3 aromatic heterocycles. The SMILES string of the molecule is O=c1[nH]c(-c2ccc3[nH]c4ccccc4c3c2)nc2sc3c(c12)CCCCC3. The van der Waals surface area contributed by atoms with E-state index in [1.54, 1.807) is 11.3 Å². The van der Waals surface area contributed by atoms with Crippen molar-refractivity contribution >= 4 is 43.4 Å². The van der Waals surface area contributed by atoms with Crippen molar-refractivity contribution in [3.63, 3.8) is 0 Å². The number of rotatable bonds is 1. The molecule has 0 aliphatic heterocycles. The molecule has 0 spiro atoms. The highest BCUT2D eigenvalue weighted by molar-refractivity contribution is 7.18. The maximum absolute atomic E-state index is 12.9. The second kappa shape index (κ2) is 6.04. The molecule has 138 valence electrons. The van der Waals surface area contributed by atoms with Crippen LogP contribution in [0, 0.1) is 0 Å². The molecule has 2 N–H and O–H groups in total. The number of hydrogen-bond donors (Lipinski definition) is 2. The smallest absolute Gasteiger partial charge is 0.260 e. The van der Waals surface area contributed by atoms with Crippen molar-refractivity contribution in [1.29, 1.82) is 0 Å². The molecule has 0 amide bonds. The molecule has 0 saturated carbocycles. The van der Waals surface area contributed by atoms with Crippen LogP contribution in [0.1, 0.15) is 29.7 Å². The molecule has 0 saturated heterocycles. The van der Waals surface area contributed by atoms with E-state index in [1.165, 1.54) is 28.7 Å². The van der Waals surface area contributed by atoms with E-state index in [0.717, 1.165) is 51.5 Å². The highest BCUT2D eigenvalue weighted by Crippen LogP contribution is 2.34. The fourth-order valence-electron chi connectivity index (χ4n) is 4.47. The zero-order chi connectivity index (χ0) is 18.7. The molecule has 5 aromatic rings. The lowest BCUT2D eigenvalue weighted by Crippen LogP contribution is -2.10. The van der Waals surface area contributed by atoms with Crippen LogP contribution in [0.4, 0.5) is 0 Å². The van der Waals surface area contributed by atoms with Gasteiger partial charge in [-0.3, -0.25) is 4.79 Å².